The van der Waals surface area contributed by atoms with Gasteiger partial charge in [0, 0.05) is 17.5 Å². The highest BCUT2D eigenvalue weighted by atomic mass is 16.1. The lowest BCUT2D eigenvalue weighted by Crippen LogP contribution is -2.00. The maximum absolute atomic E-state index is 12.3. The molecule has 2 nitrogen and oxygen atoms in total. The van der Waals surface area contributed by atoms with E-state index < -0.39 is 0 Å². The quantitative estimate of drug-likeness (QED) is 0.585. The number of nitrogens with zero attached hydrogens (tertiary/aromatic N) is 1. The highest BCUT2D eigenvalue weighted by Gasteiger charge is 2.29. The Balaban J connectivity index is 2.45. The summed E-state index contributed by atoms with van der Waals surface area (Å²) in [5.74, 6) is 0.115. The number of carbonyl (C=O) groups excluding carboxylic acids is 1. The van der Waals surface area contributed by atoms with E-state index in [1.54, 1.807) is 0 Å². The molecule has 17 heavy (non-hydrogen) atoms. The molecule has 1 aromatic carbocycles. The molecule has 1 aromatic heterocycles. The van der Waals surface area contributed by atoms with Gasteiger partial charge in [0.15, 0.2) is 5.78 Å². The summed E-state index contributed by atoms with van der Waals surface area (Å²) in [5.41, 5.74) is 6.80. The lowest BCUT2D eigenvalue weighted by atomic mass is 10.00. The molecule has 0 atom stereocenters. The van der Waals surface area contributed by atoms with Crippen LogP contribution in [0.5, 0.6) is 0 Å². The van der Waals surface area contributed by atoms with Gasteiger partial charge in [-0.05, 0) is 37.5 Å². The van der Waals surface area contributed by atoms with Crippen LogP contribution in [0.2, 0.25) is 0 Å². The molecule has 0 bridgehead atoms. The summed E-state index contributed by atoms with van der Waals surface area (Å²) in [6.45, 7) is 5.96. The van der Waals surface area contributed by atoms with Crippen molar-refractivity contribution in [2.75, 3.05) is 0 Å². The van der Waals surface area contributed by atoms with Crippen LogP contribution in [0.25, 0.3) is 11.1 Å². The van der Waals surface area contributed by atoms with Crippen molar-refractivity contribution in [1.82, 2.24) is 4.98 Å². The van der Waals surface area contributed by atoms with E-state index in [1.165, 1.54) is 5.56 Å². The molecule has 1 aliphatic carbocycles. The summed E-state index contributed by atoms with van der Waals surface area (Å²) in [4.78, 5) is 16.6. The van der Waals surface area contributed by atoms with Gasteiger partial charge in [-0.2, -0.15) is 0 Å². The van der Waals surface area contributed by atoms with Crippen molar-refractivity contribution in [2.24, 2.45) is 0 Å². The Bertz CT molecular complexity index is 656. The number of aryl methyl sites for hydroxylation is 3. The van der Waals surface area contributed by atoms with Gasteiger partial charge in [0.05, 0.1) is 5.56 Å². The maximum atomic E-state index is 12.3. The third-order valence-corrected chi connectivity index (χ3v) is 3.37. The number of benzene rings is 1. The van der Waals surface area contributed by atoms with Gasteiger partial charge >= 0.3 is 0 Å². The van der Waals surface area contributed by atoms with Gasteiger partial charge in [0.25, 0.3) is 0 Å². The molecule has 1 aliphatic rings. The first-order chi connectivity index (χ1) is 8.09. The van der Waals surface area contributed by atoms with Gasteiger partial charge in [0.1, 0.15) is 0 Å². The van der Waals surface area contributed by atoms with Crippen LogP contribution in [0.3, 0.4) is 0 Å². The molecule has 1 heterocycles. The Kier molecular flexibility index (Phi) is 1.96. The molecule has 0 amide bonds. The van der Waals surface area contributed by atoms with Crippen LogP contribution in [-0.2, 0) is 0 Å². The molecule has 0 spiro atoms. The van der Waals surface area contributed by atoms with Gasteiger partial charge in [-0.25, -0.2) is 0 Å². The molecule has 2 heteroatoms. The molecule has 0 unspecified atom stereocenters. The van der Waals surface area contributed by atoms with E-state index in [1.807, 2.05) is 39.1 Å². The van der Waals surface area contributed by atoms with Crippen molar-refractivity contribution in [2.45, 2.75) is 20.8 Å². The monoisotopic (exact) mass is 223 g/mol. The van der Waals surface area contributed by atoms with Crippen LogP contribution in [0.1, 0.15) is 32.7 Å². The first-order valence-corrected chi connectivity index (χ1v) is 5.71. The summed E-state index contributed by atoms with van der Waals surface area (Å²) < 4.78 is 0. The van der Waals surface area contributed by atoms with Crippen LogP contribution < -0.4 is 0 Å². The van der Waals surface area contributed by atoms with E-state index in [0.29, 0.717) is 0 Å². The lowest BCUT2D eigenvalue weighted by Gasteiger charge is -2.06. The summed E-state index contributed by atoms with van der Waals surface area (Å²) in [6.07, 6.45) is 1.85. The second-order valence-corrected chi connectivity index (χ2v) is 4.65. The van der Waals surface area contributed by atoms with Gasteiger partial charge in [-0.15, -0.1) is 0 Å². The minimum absolute atomic E-state index is 0.115. The van der Waals surface area contributed by atoms with Crippen LogP contribution in [0.4, 0.5) is 0 Å². The number of pyridine rings is 1. The second kappa shape index (κ2) is 3.27. The normalized spacial score (nSPS) is 12.5. The second-order valence-electron chi connectivity index (χ2n) is 4.65. The van der Waals surface area contributed by atoms with Crippen LogP contribution >= 0.6 is 0 Å². The molecule has 84 valence electrons. The molecule has 2 aromatic rings. The third kappa shape index (κ3) is 1.27. The Morgan fingerprint density at radius 2 is 1.76 bits per heavy atom. The maximum Gasteiger partial charge on any atom is 0.196 e. The number of fused-ring (bicyclic) bond motifs is 3. The number of hydrogen-bond acceptors (Lipinski definition) is 2. The van der Waals surface area contributed by atoms with E-state index in [0.717, 1.165) is 33.5 Å². The molecule has 0 radical (unpaired) electrons. The zero-order chi connectivity index (χ0) is 12.2. The molecule has 0 N–H and O–H groups in total. The Morgan fingerprint density at radius 1 is 1.00 bits per heavy atom. The third-order valence-electron chi connectivity index (χ3n) is 3.37. The standard InChI is InChI=1S/C15H13NO/c1-8-4-5-11-12(6-8)13-9(2)7-16-10(3)14(13)15(11)17/h4-7H,1-3H3. The van der Waals surface area contributed by atoms with Crippen molar-refractivity contribution >= 4 is 5.78 Å². The molecular formula is C15H13NO. The zero-order valence-corrected chi connectivity index (χ0v) is 10.2. The van der Waals surface area contributed by atoms with E-state index in [-0.39, 0.29) is 5.78 Å². The fraction of sp³-hybridized carbons (Fsp3) is 0.200. The minimum atomic E-state index is 0.115. The van der Waals surface area contributed by atoms with Crippen molar-refractivity contribution in [3.63, 3.8) is 0 Å². The van der Waals surface area contributed by atoms with Crippen molar-refractivity contribution in [3.8, 4) is 11.1 Å². The van der Waals surface area contributed by atoms with Crippen LogP contribution in [0, 0.1) is 20.8 Å². The SMILES string of the molecule is Cc1ccc2c(c1)-c1c(C)cnc(C)c1C2=O. The first-order valence-electron chi connectivity index (χ1n) is 5.71. The molecular weight excluding hydrogens is 210 g/mol. The largest absolute Gasteiger partial charge is 0.288 e. The Labute approximate surface area is 100 Å². The summed E-state index contributed by atoms with van der Waals surface area (Å²) in [7, 11) is 0. The zero-order valence-electron chi connectivity index (χ0n) is 10.2. The average Bonchev–Trinajstić information content (AvgIpc) is 2.58. The fourth-order valence-corrected chi connectivity index (χ4v) is 2.52. The average molecular weight is 223 g/mol. The Morgan fingerprint density at radius 3 is 2.53 bits per heavy atom. The molecule has 0 saturated carbocycles. The van der Waals surface area contributed by atoms with E-state index in [4.69, 9.17) is 0 Å². The number of carbonyl (C=O) groups is 1. The number of aromatic nitrogens is 1. The first kappa shape index (κ1) is 10.2. The molecule has 3 rings (SSSR count). The van der Waals surface area contributed by atoms with Crippen molar-refractivity contribution in [3.05, 3.63) is 52.3 Å². The molecule has 0 saturated heterocycles. The predicted molar refractivity (Wildman–Crippen MR) is 67.3 cm³/mol. The predicted octanol–water partition coefficient (Wildman–Crippen LogP) is 3.22. The van der Waals surface area contributed by atoms with Gasteiger partial charge in [-0.3, -0.25) is 9.78 Å². The summed E-state index contributed by atoms with van der Waals surface area (Å²) >= 11 is 0. The minimum Gasteiger partial charge on any atom is -0.288 e. The number of ketones is 1. The topological polar surface area (TPSA) is 30.0 Å². The van der Waals surface area contributed by atoms with E-state index in [2.05, 4.69) is 11.1 Å². The highest BCUT2D eigenvalue weighted by Crippen LogP contribution is 2.39. The van der Waals surface area contributed by atoms with Gasteiger partial charge in [-0.1, -0.05) is 23.8 Å². The summed E-state index contributed by atoms with van der Waals surface area (Å²) in [5, 5.41) is 0. The highest BCUT2D eigenvalue weighted by molar-refractivity contribution is 6.22. The summed E-state index contributed by atoms with van der Waals surface area (Å²) in [6, 6.07) is 6.00. The van der Waals surface area contributed by atoms with Crippen molar-refractivity contribution in [1.29, 1.82) is 0 Å². The van der Waals surface area contributed by atoms with Crippen molar-refractivity contribution < 1.29 is 4.79 Å². The molecule has 0 aliphatic heterocycles. The van der Waals surface area contributed by atoms with Gasteiger partial charge < -0.3 is 0 Å². The van der Waals surface area contributed by atoms with E-state index >= 15 is 0 Å². The molecule has 0 fully saturated rings. The smallest absolute Gasteiger partial charge is 0.196 e. The Hall–Kier alpha value is -1.96. The van der Waals surface area contributed by atoms with Crippen LogP contribution in [-0.4, -0.2) is 10.8 Å². The lowest BCUT2D eigenvalue weighted by molar-refractivity contribution is 0.104. The number of hydrogen-bond donors (Lipinski definition) is 0. The van der Waals surface area contributed by atoms with Crippen LogP contribution in [0.15, 0.2) is 24.4 Å². The van der Waals surface area contributed by atoms with E-state index in [9.17, 15) is 4.79 Å². The van der Waals surface area contributed by atoms with Gasteiger partial charge in [0.2, 0.25) is 0 Å². The fourth-order valence-electron chi connectivity index (χ4n) is 2.52. The number of rotatable bonds is 0.